The van der Waals surface area contributed by atoms with Crippen molar-refractivity contribution in [3.8, 4) is 0 Å². The van der Waals surface area contributed by atoms with Crippen LogP contribution in [-0.2, 0) is 9.53 Å². The zero-order valence-electron chi connectivity index (χ0n) is 6.43. The molecule has 0 bridgehead atoms. The molecule has 60 valence electrons. The van der Waals surface area contributed by atoms with Crippen LogP contribution in [0.1, 0.15) is 19.8 Å². The molecule has 0 saturated carbocycles. The minimum atomic E-state index is -0.238. The minimum absolute atomic E-state index is 0.217. The summed E-state index contributed by atoms with van der Waals surface area (Å²) in [5, 5.41) is 0. The highest BCUT2D eigenvalue weighted by atomic mass is 16.5. The smallest absolute Gasteiger partial charge is 0.278 e. The van der Waals surface area contributed by atoms with E-state index < -0.39 is 0 Å². The lowest BCUT2D eigenvalue weighted by molar-refractivity contribution is -0.146. The average Bonchev–Trinajstić information content (AvgIpc) is 1.89. The van der Waals surface area contributed by atoms with E-state index in [-0.39, 0.29) is 11.9 Å². The average molecular weight is 142 g/mol. The van der Waals surface area contributed by atoms with E-state index in [0.717, 1.165) is 6.42 Å². The highest BCUT2D eigenvalue weighted by Crippen LogP contribution is 2.05. The number of carbonyl (C=O) groups is 1. The van der Waals surface area contributed by atoms with Gasteiger partial charge in [-0.25, -0.2) is 0 Å². The van der Waals surface area contributed by atoms with Crippen molar-refractivity contribution in [1.29, 1.82) is 0 Å². The Kier molecular flexibility index (Phi) is 4.99. The molecule has 0 aromatic heterocycles. The first-order valence-electron chi connectivity index (χ1n) is 3.51. The Labute approximate surface area is 62.6 Å². The van der Waals surface area contributed by atoms with Gasteiger partial charge in [-0.15, -0.1) is 0 Å². The topological polar surface area (TPSA) is 26.3 Å². The van der Waals surface area contributed by atoms with Crippen molar-refractivity contribution < 1.29 is 9.53 Å². The number of carbonyl (C=O) groups excluding carboxylic acids is 1. The SMILES string of the molecule is [CH2-]CCC([CH2-])C(=O)OCC. The standard InChI is InChI=1S/C8H14O2/c1-4-6-7(3)8(9)10-5-2/h7H,1,3-6H2,2H3/q-2. The van der Waals surface area contributed by atoms with Gasteiger partial charge in [-0.1, -0.05) is 12.3 Å². The predicted octanol–water partition coefficient (Wildman–Crippen LogP) is 1.61. The zero-order chi connectivity index (χ0) is 7.98. The summed E-state index contributed by atoms with van der Waals surface area (Å²) in [7, 11) is 0. The Morgan fingerprint density at radius 2 is 2.30 bits per heavy atom. The highest BCUT2D eigenvalue weighted by molar-refractivity contribution is 5.72. The maximum absolute atomic E-state index is 10.8. The van der Waals surface area contributed by atoms with Crippen molar-refractivity contribution in [3.05, 3.63) is 13.8 Å². The van der Waals surface area contributed by atoms with Gasteiger partial charge in [-0.05, 0) is 6.92 Å². The second-order valence-corrected chi connectivity index (χ2v) is 2.09. The summed E-state index contributed by atoms with van der Waals surface area (Å²) in [5.41, 5.74) is 0. The van der Waals surface area contributed by atoms with Crippen LogP contribution < -0.4 is 0 Å². The van der Waals surface area contributed by atoms with E-state index in [0.29, 0.717) is 13.0 Å². The van der Waals surface area contributed by atoms with E-state index in [1.807, 2.05) is 0 Å². The molecule has 0 heterocycles. The van der Waals surface area contributed by atoms with Crippen LogP contribution in [-0.4, -0.2) is 12.6 Å². The molecule has 0 N–H and O–H groups in total. The summed E-state index contributed by atoms with van der Waals surface area (Å²) >= 11 is 0. The van der Waals surface area contributed by atoms with Crippen LogP contribution in [0.2, 0.25) is 0 Å². The van der Waals surface area contributed by atoms with Crippen LogP contribution in [0.3, 0.4) is 0 Å². The molecule has 0 spiro atoms. The molecule has 0 amide bonds. The van der Waals surface area contributed by atoms with Crippen molar-refractivity contribution in [1.82, 2.24) is 0 Å². The molecule has 1 atom stereocenters. The van der Waals surface area contributed by atoms with E-state index in [1.54, 1.807) is 6.92 Å². The molecule has 2 heteroatoms. The third kappa shape index (κ3) is 3.49. The van der Waals surface area contributed by atoms with Crippen molar-refractivity contribution in [2.45, 2.75) is 19.8 Å². The van der Waals surface area contributed by atoms with Crippen LogP contribution in [0.15, 0.2) is 0 Å². The first kappa shape index (κ1) is 9.47. The predicted molar refractivity (Wildman–Crippen MR) is 40.1 cm³/mol. The van der Waals surface area contributed by atoms with Gasteiger partial charge in [0.05, 0.1) is 6.61 Å². The van der Waals surface area contributed by atoms with Gasteiger partial charge in [0, 0.05) is 0 Å². The first-order valence-corrected chi connectivity index (χ1v) is 3.51. The summed E-state index contributed by atoms with van der Waals surface area (Å²) in [4.78, 5) is 10.8. The highest BCUT2D eigenvalue weighted by Gasteiger charge is 2.03. The molecule has 0 saturated heterocycles. The minimum Gasteiger partial charge on any atom is -0.468 e. The lowest BCUT2D eigenvalue weighted by Gasteiger charge is -2.15. The maximum Gasteiger partial charge on any atom is 0.278 e. The fourth-order valence-corrected chi connectivity index (χ4v) is 0.624. The summed E-state index contributed by atoms with van der Waals surface area (Å²) in [5.74, 6) is -0.455. The van der Waals surface area contributed by atoms with Crippen molar-refractivity contribution in [2.24, 2.45) is 5.92 Å². The Balaban J connectivity index is 3.49. The molecular formula is C8H14O2-2. The Hall–Kier alpha value is -0.530. The second-order valence-electron chi connectivity index (χ2n) is 2.09. The van der Waals surface area contributed by atoms with Gasteiger partial charge in [0.1, 0.15) is 0 Å². The Bertz CT molecular complexity index is 99.4. The molecular weight excluding hydrogens is 128 g/mol. The van der Waals surface area contributed by atoms with E-state index >= 15 is 0 Å². The van der Waals surface area contributed by atoms with Crippen LogP contribution in [0, 0.1) is 19.8 Å². The number of hydrogen-bond donors (Lipinski definition) is 0. The lowest BCUT2D eigenvalue weighted by Crippen LogP contribution is -2.14. The number of rotatable bonds is 4. The van der Waals surface area contributed by atoms with Gasteiger partial charge in [0.15, 0.2) is 0 Å². The number of ether oxygens (including phenoxy) is 1. The van der Waals surface area contributed by atoms with Crippen LogP contribution in [0.25, 0.3) is 0 Å². The Morgan fingerprint density at radius 3 is 2.70 bits per heavy atom. The normalized spacial score (nSPS) is 12.7. The quantitative estimate of drug-likeness (QED) is 0.440. The third-order valence-corrected chi connectivity index (χ3v) is 1.17. The van der Waals surface area contributed by atoms with Crippen LogP contribution in [0.4, 0.5) is 0 Å². The van der Waals surface area contributed by atoms with Gasteiger partial charge in [0.2, 0.25) is 0 Å². The molecule has 0 aliphatic rings. The fraction of sp³-hybridized carbons (Fsp3) is 0.625. The third-order valence-electron chi connectivity index (χ3n) is 1.17. The van der Waals surface area contributed by atoms with E-state index in [4.69, 9.17) is 4.74 Å². The molecule has 1 unspecified atom stereocenters. The molecule has 0 aliphatic carbocycles. The molecule has 2 nitrogen and oxygen atoms in total. The summed E-state index contributed by atoms with van der Waals surface area (Å²) in [6.07, 6.45) is 1.44. The molecule has 0 fully saturated rings. The van der Waals surface area contributed by atoms with Crippen molar-refractivity contribution in [2.75, 3.05) is 6.61 Å². The van der Waals surface area contributed by atoms with E-state index in [1.165, 1.54) is 0 Å². The van der Waals surface area contributed by atoms with Gasteiger partial charge < -0.3 is 18.6 Å². The van der Waals surface area contributed by atoms with E-state index in [2.05, 4.69) is 13.8 Å². The van der Waals surface area contributed by atoms with Gasteiger partial charge in [-0.2, -0.15) is 6.42 Å². The molecule has 0 aliphatic heterocycles. The van der Waals surface area contributed by atoms with Crippen LogP contribution in [0.5, 0.6) is 0 Å². The van der Waals surface area contributed by atoms with Gasteiger partial charge in [-0.3, -0.25) is 4.79 Å². The molecule has 0 rings (SSSR count). The van der Waals surface area contributed by atoms with Gasteiger partial charge >= 0.3 is 0 Å². The summed E-state index contributed by atoms with van der Waals surface area (Å²) < 4.78 is 4.73. The maximum atomic E-state index is 10.8. The van der Waals surface area contributed by atoms with E-state index in [9.17, 15) is 4.79 Å². The van der Waals surface area contributed by atoms with Crippen molar-refractivity contribution >= 4 is 5.97 Å². The molecule has 0 aromatic rings. The fourth-order valence-electron chi connectivity index (χ4n) is 0.624. The number of hydrogen-bond acceptors (Lipinski definition) is 2. The van der Waals surface area contributed by atoms with Crippen LogP contribution >= 0.6 is 0 Å². The summed E-state index contributed by atoms with van der Waals surface area (Å²) in [6, 6.07) is 0. The van der Waals surface area contributed by atoms with Crippen molar-refractivity contribution in [3.63, 3.8) is 0 Å². The lowest BCUT2D eigenvalue weighted by atomic mass is 10.1. The zero-order valence-corrected chi connectivity index (χ0v) is 6.43. The molecule has 0 radical (unpaired) electrons. The Morgan fingerprint density at radius 1 is 1.70 bits per heavy atom. The molecule has 10 heavy (non-hydrogen) atoms. The first-order chi connectivity index (χ1) is 4.72. The summed E-state index contributed by atoms with van der Waals surface area (Å²) in [6.45, 7) is 9.47. The number of esters is 1. The molecule has 0 aromatic carbocycles. The van der Waals surface area contributed by atoms with Gasteiger partial charge in [0.25, 0.3) is 5.97 Å². The second kappa shape index (κ2) is 5.27. The largest absolute Gasteiger partial charge is 0.468 e. The monoisotopic (exact) mass is 142 g/mol.